The molecule has 2 aliphatic rings. The number of hydrogen-bond acceptors (Lipinski definition) is 3. The summed E-state index contributed by atoms with van der Waals surface area (Å²) in [5.41, 5.74) is 0.633. The van der Waals surface area contributed by atoms with E-state index in [1.165, 1.54) is 0 Å². The van der Waals surface area contributed by atoms with Crippen molar-refractivity contribution in [3.05, 3.63) is 24.3 Å². The number of benzene rings is 1. The van der Waals surface area contributed by atoms with E-state index in [4.69, 9.17) is 9.47 Å². The van der Waals surface area contributed by atoms with Crippen molar-refractivity contribution in [3.8, 4) is 5.75 Å². The maximum absolute atomic E-state index is 12.8. The second-order valence-electron chi connectivity index (χ2n) is 5.96. The fourth-order valence-electron chi connectivity index (χ4n) is 2.63. The molecular weight excluding hydrogens is 292 g/mol. The van der Waals surface area contributed by atoms with Crippen molar-refractivity contribution < 1.29 is 23.0 Å². The van der Waals surface area contributed by atoms with Crippen molar-refractivity contribution >= 4 is 11.6 Å². The smallest absolute Gasteiger partial charge is 0.288 e. The Bertz CT molecular complexity index is 545. The maximum Gasteiger partial charge on any atom is 0.288 e. The van der Waals surface area contributed by atoms with Gasteiger partial charge in [0, 0.05) is 19.2 Å². The zero-order chi connectivity index (χ0) is 15.7. The lowest BCUT2D eigenvalue weighted by molar-refractivity contribution is -0.120. The van der Waals surface area contributed by atoms with Crippen molar-refractivity contribution in [2.24, 2.45) is 5.92 Å². The van der Waals surface area contributed by atoms with E-state index in [-0.39, 0.29) is 24.3 Å². The van der Waals surface area contributed by atoms with Crippen LogP contribution in [-0.4, -0.2) is 31.1 Å². The molecule has 22 heavy (non-hydrogen) atoms. The predicted molar refractivity (Wildman–Crippen MR) is 77.2 cm³/mol. The van der Waals surface area contributed by atoms with E-state index in [2.05, 4.69) is 5.32 Å². The van der Waals surface area contributed by atoms with Crippen molar-refractivity contribution in [1.82, 2.24) is 0 Å². The minimum Gasteiger partial charge on any atom is -0.484 e. The van der Waals surface area contributed by atoms with Gasteiger partial charge in [0.15, 0.2) is 6.10 Å². The Morgan fingerprint density at radius 3 is 2.50 bits per heavy atom. The molecule has 0 heterocycles. The maximum atomic E-state index is 12.8. The van der Waals surface area contributed by atoms with Gasteiger partial charge in [-0.2, -0.15) is 0 Å². The molecule has 1 aromatic rings. The first-order valence-electron chi connectivity index (χ1n) is 7.45. The van der Waals surface area contributed by atoms with Crippen LogP contribution >= 0.6 is 0 Å². The van der Waals surface area contributed by atoms with Crippen LogP contribution in [0.2, 0.25) is 0 Å². The van der Waals surface area contributed by atoms with Crippen LogP contribution in [-0.2, 0) is 9.53 Å². The summed E-state index contributed by atoms with van der Waals surface area (Å²) in [6.07, 6.45) is 1.39. The summed E-state index contributed by atoms with van der Waals surface area (Å²) < 4.78 is 35.9. The average molecular weight is 311 g/mol. The Labute approximate surface area is 127 Å². The van der Waals surface area contributed by atoms with Gasteiger partial charge in [0.2, 0.25) is 5.91 Å². The van der Waals surface area contributed by atoms with Crippen LogP contribution in [0.25, 0.3) is 0 Å². The van der Waals surface area contributed by atoms with Crippen molar-refractivity contribution in [3.63, 3.8) is 0 Å². The lowest BCUT2D eigenvalue weighted by Gasteiger charge is -2.34. The molecule has 0 bridgehead atoms. The lowest BCUT2D eigenvalue weighted by Crippen LogP contribution is -2.35. The monoisotopic (exact) mass is 311 g/mol. The van der Waals surface area contributed by atoms with Crippen LogP contribution in [0.5, 0.6) is 5.75 Å². The van der Waals surface area contributed by atoms with Crippen LogP contribution in [0.3, 0.4) is 0 Å². The topological polar surface area (TPSA) is 47.6 Å². The number of anilines is 1. The second-order valence-corrected chi connectivity index (χ2v) is 5.96. The van der Waals surface area contributed by atoms with E-state index in [1.54, 1.807) is 31.4 Å². The van der Waals surface area contributed by atoms with Gasteiger partial charge in [-0.15, -0.1) is 0 Å². The molecule has 3 atom stereocenters. The predicted octanol–water partition coefficient (Wildman–Crippen LogP) is 3.23. The van der Waals surface area contributed by atoms with E-state index in [0.717, 1.165) is 12.8 Å². The zero-order valence-corrected chi connectivity index (χ0v) is 12.4. The Morgan fingerprint density at radius 1 is 1.32 bits per heavy atom. The van der Waals surface area contributed by atoms with Crippen LogP contribution in [0, 0.1) is 5.92 Å². The summed E-state index contributed by atoms with van der Waals surface area (Å²) in [5, 5.41) is 2.80. The Kier molecular flexibility index (Phi) is 4.04. The minimum absolute atomic E-state index is 0.0610. The number of alkyl halides is 2. The van der Waals surface area contributed by atoms with E-state index < -0.39 is 12.0 Å². The minimum atomic E-state index is -2.70. The molecule has 3 unspecified atom stereocenters. The van der Waals surface area contributed by atoms with Gasteiger partial charge in [-0.05, 0) is 43.0 Å². The van der Waals surface area contributed by atoms with Crippen LogP contribution in [0.15, 0.2) is 24.3 Å². The number of carbonyl (C=O) groups is 1. The number of rotatable bonds is 6. The third-order valence-electron chi connectivity index (χ3n) is 4.28. The summed E-state index contributed by atoms with van der Waals surface area (Å²) in [6.45, 7) is 0. The summed E-state index contributed by atoms with van der Waals surface area (Å²) in [6, 6.07) is 6.49. The summed E-state index contributed by atoms with van der Waals surface area (Å²) >= 11 is 0. The molecule has 0 radical (unpaired) electrons. The second kappa shape index (κ2) is 5.83. The van der Waals surface area contributed by atoms with Gasteiger partial charge in [0.25, 0.3) is 5.92 Å². The van der Waals surface area contributed by atoms with Gasteiger partial charge in [-0.3, -0.25) is 4.79 Å². The van der Waals surface area contributed by atoms with Gasteiger partial charge in [-0.1, -0.05) is 0 Å². The Balaban J connectivity index is 1.47. The number of halogens is 2. The number of hydrogen-bond donors (Lipinski definition) is 1. The quantitative estimate of drug-likeness (QED) is 0.877. The molecule has 0 aliphatic heterocycles. The lowest BCUT2D eigenvalue weighted by atomic mass is 9.79. The molecule has 3 rings (SSSR count). The van der Waals surface area contributed by atoms with Gasteiger partial charge in [0.1, 0.15) is 5.75 Å². The first kappa shape index (κ1) is 15.2. The largest absolute Gasteiger partial charge is 0.484 e. The molecule has 1 N–H and O–H groups in total. The number of carbonyl (C=O) groups excluding carboxylic acids is 1. The van der Waals surface area contributed by atoms with Gasteiger partial charge < -0.3 is 14.8 Å². The standard InChI is InChI=1S/C16H19F2NO3/c1-21-13-7-2-10(13)8-15(20)19-11-3-5-12(6-4-11)22-14-9-16(14,17)18/h3-6,10,13-14H,2,7-9H2,1H3,(H,19,20). The highest BCUT2D eigenvalue weighted by Gasteiger charge is 2.59. The van der Waals surface area contributed by atoms with Crippen LogP contribution in [0.1, 0.15) is 25.7 Å². The van der Waals surface area contributed by atoms with Crippen LogP contribution < -0.4 is 10.1 Å². The fourth-order valence-corrected chi connectivity index (χ4v) is 2.63. The third-order valence-corrected chi connectivity index (χ3v) is 4.28. The Morgan fingerprint density at radius 2 is 2.00 bits per heavy atom. The van der Waals surface area contributed by atoms with Gasteiger partial charge in [0.05, 0.1) is 12.5 Å². The van der Waals surface area contributed by atoms with E-state index in [0.29, 0.717) is 17.9 Å². The fraction of sp³-hybridized carbons (Fsp3) is 0.562. The average Bonchev–Trinajstić information content (AvgIpc) is 3.04. The first-order chi connectivity index (χ1) is 10.5. The SMILES string of the molecule is COC1CCC1CC(=O)Nc1ccc(OC2CC2(F)F)cc1. The summed E-state index contributed by atoms with van der Waals surface area (Å²) in [5.74, 6) is -2.09. The Hall–Kier alpha value is -1.69. The van der Waals surface area contributed by atoms with E-state index in [9.17, 15) is 13.6 Å². The molecule has 6 heteroatoms. The van der Waals surface area contributed by atoms with E-state index >= 15 is 0 Å². The molecule has 0 saturated heterocycles. The number of methoxy groups -OCH3 is 1. The highest BCUT2D eigenvalue weighted by Crippen LogP contribution is 2.44. The first-order valence-corrected chi connectivity index (χ1v) is 7.45. The zero-order valence-electron chi connectivity index (χ0n) is 12.4. The highest BCUT2D eigenvalue weighted by atomic mass is 19.3. The highest BCUT2D eigenvalue weighted by molar-refractivity contribution is 5.91. The number of amides is 1. The summed E-state index contributed by atoms with van der Waals surface area (Å²) in [7, 11) is 1.66. The van der Waals surface area contributed by atoms with E-state index in [1.807, 2.05) is 0 Å². The molecule has 0 spiro atoms. The number of nitrogens with one attached hydrogen (secondary N) is 1. The molecule has 1 amide bonds. The molecular formula is C16H19F2NO3. The summed E-state index contributed by atoms with van der Waals surface area (Å²) in [4.78, 5) is 11.9. The molecule has 2 aliphatic carbocycles. The third kappa shape index (κ3) is 3.38. The van der Waals surface area contributed by atoms with Crippen LogP contribution in [0.4, 0.5) is 14.5 Å². The molecule has 2 fully saturated rings. The van der Waals surface area contributed by atoms with Gasteiger partial charge in [-0.25, -0.2) is 8.78 Å². The van der Waals surface area contributed by atoms with Crippen molar-refractivity contribution in [1.29, 1.82) is 0 Å². The molecule has 120 valence electrons. The molecule has 1 aromatic carbocycles. The molecule has 4 nitrogen and oxygen atoms in total. The van der Waals surface area contributed by atoms with Gasteiger partial charge >= 0.3 is 0 Å². The molecule has 2 saturated carbocycles. The normalized spacial score (nSPS) is 28.6. The number of ether oxygens (including phenoxy) is 2. The van der Waals surface area contributed by atoms with Crippen molar-refractivity contribution in [2.75, 3.05) is 12.4 Å². The van der Waals surface area contributed by atoms with Crippen molar-refractivity contribution in [2.45, 2.75) is 43.8 Å². The molecule has 0 aromatic heterocycles.